The molecule has 3 N–H and O–H groups in total. The number of hydrogen-bond donors (Lipinski definition) is 2. The molecular weight excluding hydrogens is 242 g/mol. The normalized spacial score (nSPS) is 12.2. The molecule has 0 aliphatic carbocycles. The van der Waals surface area contributed by atoms with E-state index in [0.29, 0.717) is 18.8 Å². The predicted molar refractivity (Wildman–Crippen MR) is 67.1 cm³/mol. The van der Waals surface area contributed by atoms with Crippen molar-refractivity contribution in [3.8, 4) is 0 Å². The molecule has 1 rings (SSSR count). The molecule has 0 saturated heterocycles. The molecule has 1 aromatic rings. The largest absolute Gasteiger partial charge is 0.397 e. The number of ether oxygens (including phenoxy) is 1. The van der Waals surface area contributed by atoms with Crippen molar-refractivity contribution in [2.24, 2.45) is 0 Å². The van der Waals surface area contributed by atoms with E-state index in [1.807, 2.05) is 13.8 Å². The zero-order valence-electron chi connectivity index (χ0n) is 9.87. The summed E-state index contributed by atoms with van der Waals surface area (Å²) in [6, 6.07) is 1.50. The minimum Gasteiger partial charge on any atom is -0.397 e. The lowest BCUT2D eigenvalue weighted by Gasteiger charge is -2.13. The van der Waals surface area contributed by atoms with Crippen molar-refractivity contribution in [2.75, 3.05) is 18.9 Å². The van der Waals surface area contributed by atoms with Crippen LogP contribution in [-0.2, 0) is 4.74 Å². The van der Waals surface area contributed by atoms with Gasteiger partial charge in [-0.25, -0.2) is 4.98 Å². The van der Waals surface area contributed by atoms with Crippen molar-refractivity contribution >= 4 is 23.2 Å². The number of amides is 1. The van der Waals surface area contributed by atoms with Gasteiger partial charge >= 0.3 is 0 Å². The molecule has 17 heavy (non-hydrogen) atoms. The molecule has 1 heterocycles. The maximum atomic E-state index is 11.8. The van der Waals surface area contributed by atoms with Gasteiger partial charge in [0, 0.05) is 13.2 Å². The number of aromatic nitrogens is 1. The van der Waals surface area contributed by atoms with Crippen molar-refractivity contribution in [2.45, 2.75) is 20.0 Å². The third-order valence-corrected chi connectivity index (χ3v) is 2.41. The highest BCUT2D eigenvalue weighted by Crippen LogP contribution is 2.15. The molecule has 94 valence electrons. The number of halogens is 1. The van der Waals surface area contributed by atoms with Crippen molar-refractivity contribution in [1.29, 1.82) is 0 Å². The number of nitrogens with one attached hydrogen (secondary N) is 1. The minimum absolute atomic E-state index is 0.0447. The van der Waals surface area contributed by atoms with E-state index >= 15 is 0 Å². The van der Waals surface area contributed by atoms with E-state index in [1.54, 1.807) is 0 Å². The summed E-state index contributed by atoms with van der Waals surface area (Å²) in [5, 5.41) is 2.85. The summed E-state index contributed by atoms with van der Waals surface area (Å²) >= 11 is 5.81. The Kier molecular flexibility index (Phi) is 5.18. The fraction of sp³-hybridized carbons (Fsp3) is 0.455. The number of nitrogens with zero attached hydrogens (tertiary/aromatic N) is 1. The molecular formula is C11H16ClN3O2. The lowest BCUT2D eigenvalue weighted by Crippen LogP contribution is -2.32. The second kappa shape index (κ2) is 6.42. The van der Waals surface area contributed by atoms with Crippen LogP contribution in [-0.4, -0.2) is 30.1 Å². The molecule has 0 aliphatic heterocycles. The molecule has 1 atom stereocenters. The zero-order valence-corrected chi connectivity index (χ0v) is 10.6. The average molecular weight is 258 g/mol. The van der Waals surface area contributed by atoms with Crippen LogP contribution in [0.15, 0.2) is 12.3 Å². The lowest BCUT2D eigenvalue weighted by molar-refractivity contribution is 0.0695. The maximum Gasteiger partial charge on any atom is 0.254 e. The topological polar surface area (TPSA) is 77.2 Å². The summed E-state index contributed by atoms with van der Waals surface area (Å²) in [6.45, 7) is 4.80. The summed E-state index contributed by atoms with van der Waals surface area (Å²) in [5.41, 5.74) is 6.22. The molecule has 0 aromatic carbocycles. The number of anilines is 1. The van der Waals surface area contributed by atoms with E-state index in [1.165, 1.54) is 12.3 Å². The van der Waals surface area contributed by atoms with Gasteiger partial charge in [-0.2, -0.15) is 0 Å². The molecule has 0 radical (unpaired) electrons. The van der Waals surface area contributed by atoms with E-state index in [4.69, 9.17) is 22.1 Å². The fourth-order valence-electron chi connectivity index (χ4n) is 1.30. The Morgan fingerprint density at radius 1 is 1.71 bits per heavy atom. The van der Waals surface area contributed by atoms with E-state index < -0.39 is 0 Å². The molecule has 0 aliphatic rings. The maximum absolute atomic E-state index is 11.8. The van der Waals surface area contributed by atoms with E-state index in [-0.39, 0.29) is 22.7 Å². The molecule has 6 heteroatoms. The van der Waals surface area contributed by atoms with Gasteiger partial charge in [0.15, 0.2) is 0 Å². The summed E-state index contributed by atoms with van der Waals surface area (Å²) in [4.78, 5) is 15.6. The molecule has 5 nitrogen and oxygen atoms in total. The number of hydrogen-bond acceptors (Lipinski definition) is 4. The van der Waals surface area contributed by atoms with E-state index in [9.17, 15) is 4.79 Å². The van der Waals surface area contributed by atoms with Crippen molar-refractivity contribution in [1.82, 2.24) is 10.3 Å². The third-order valence-electron chi connectivity index (χ3n) is 2.11. The Morgan fingerprint density at radius 3 is 3.06 bits per heavy atom. The van der Waals surface area contributed by atoms with E-state index in [2.05, 4.69) is 10.3 Å². The van der Waals surface area contributed by atoms with Gasteiger partial charge in [0.1, 0.15) is 5.15 Å². The first-order valence-corrected chi connectivity index (χ1v) is 5.73. The first kappa shape index (κ1) is 13.7. The summed E-state index contributed by atoms with van der Waals surface area (Å²) < 4.78 is 5.29. The fourth-order valence-corrected chi connectivity index (χ4v) is 1.49. The lowest BCUT2D eigenvalue weighted by atomic mass is 10.2. The van der Waals surface area contributed by atoms with Crippen molar-refractivity contribution < 1.29 is 9.53 Å². The predicted octanol–water partition coefficient (Wildman–Crippen LogP) is 1.47. The first-order chi connectivity index (χ1) is 8.04. The molecule has 0 saturated carbocycles. The number of rotatable bonds is 5. The Morgan fingerprint density at radius 2 is 2.41 bits per heavy atom. The Bertz CT molecular complexity index is 398. The summed E-state index contributed by atoms with van der Waals surface area (Å²) in [5.74, 6) is -0.304. The second-order valence-electron chi connectivity index (χ2n) is 3.58. The Labute approximate surface area is 105 Å². The van der Waals surface area contributed by atoms with Gasteiger partial charge < -0.3 is 15.8 Å². The van der Waals surface area contributed by atoms with Crippen LogP contribution in [0.5, 0.6) is 0 Å². The molecule has 0 spiro atoms. The van der Waals surface area contributed by atoms with Gasteiger partial charge in [-0.3, -0.25) is 4.79 Å². The third kappa shape index (κ3) is 4.20. The quantitative estimate of drug-likeness (QED) is 0.783. The number of nitrogen functional groups attached to an aromatic ring is 1. The van der Waals surface area contributed by atoms with Crippen LogP contribution in [0.1, 0.15) is 24.2 Å². The standard InChI is InChI=1S/C11H16ClN3O2/c1-3-17-7(2)5-15-11(16)9-4-8(13)6-14-10(9)12/h4,6-7H,3,5,13H2,1-2H3,(H,15,16). The average Bonchev–Trinajstić information content (AvgIpc) is 2.29. The van der Waals surface area contributed by atoms with Gasteiger partial charge in [-0.15, -0.1) is 0 Å². The molecule has 1 unspecified atom stereocenters. The van der Waals surface area contributed by atoms with Crippen LogP contribution < -0.4 is 11.1 Å². The number of carbonyl (C=O) groups excluding carboxylic acids is 1. The van der Waals surface area contributed by atoms with Crippen LogP contribution in [0.3, 0.4) is 0 Å². The van der Waals surface area contributed by atoms with Crippen LogP contribution >= 0.6 is 11.6 Å². The van der Waals surface area contributed by atoms with E-state index in [0.717, 1.165) is 0 Å². The molecule has 0 fully saturated rings. The summed E-state index contributed by atoms with van der Waals surface area (Å²) in [7, 11) is 0. The van der Waals surface area contributed by atoms with Crippen LogP contribution in [0, 0.1) is 0 Å². The monoisotopic (exact) mass is 257 g/mol. The molecule has 0 bridgehead atoms. The second-order valence-corrected chi connectivity index (χ2v) is 3.94. The highest BCUT2D eigenvalue weighted by atomic mass is 35.5. The highest BCUT2D eigenvalue weighted by molar-refractivity contribution is 6.32. The van der Waals surface area contributed by atoms with Crippen molar-refractivity contribution in [3.05, 3.63) is 23.0 Å². The Balaban J connectivity index is 2.61. The smallest absolute Gasteiger partial charge is 0.254 e. The zero-order chi connectivity index (χ0) is 12.8. The first-order valence-electron chi connectivity index (χ1n) is 5.35. The highest BCUT2D eigenvalue weighted by Gasteiger charge is 2.12. The summed E-state index contributed by atoms with van der Waals surface area (Å²) in [6.07, 6.45) is 1.36. The van der Waals surface area contributed by atoms with Crippen molar-refractivity contribution in [3.63, 3.8) is 0 Å². The number of nitrogens with two attached hydrogens (primary N) is 1. The van der Waals surface area contributed by atoms with Crippen LogP contribution in [0.4, 0.5) is 5.69 Å². The Hall–Kier alpha value is -1.33. The number of carbonyl (C=O) groups is 1. The SMILES string of the molecule is CCOC(C)CNC(=O)c1cc(N)cnc1Cl. The minimum atomic E-state index is -0.304. The van der Waals surface area contributed by atoms with Gasteiger partial charge in [-0.1, -0.05) is 11.6 Å². The van der Waals surface area contributed by atoms with Gasteiger partial charge in [-0.05, 0) is 19.9 Å². The van der Waals surface area contributed by atoms with Crippen LogP contribution in [0.25, 0.3) is 0 Å². The number of pyridine rings is 1. The molecule has 1 amide bonds. The van der Waals surface area contributed by atoms with Gasteiger partial charge in [0.2, 0.25) is 0 Å². The van der Waals surface area contributed by atoms with Gasteiger partial charge in [0.25, 0.3) is 5.91 Å². The molecule has 1 aromatic heterocycles. The van der Waals surface area contributed by atoms with Gasteiger partial charge in [0.05, 0.1) is 23.6 Å². The van der Waals surface area contributed by atoms with Crippen LogP contribution in [0.2, 0.25) is 5.15 Å².